The van der Waals surface area contributed by atoms with Crippen LogP contribution >= 0.6 is 0 Å². The van der Waals surface area contributed by atoms with Gasteiger partial charge in [0.05, 0.1) is 25.9 Å². The highest BCUT2D eigenvalue weighted by Crippen LogP contribution is 2.26. The summed E-state index contributed by atoms with van der Waals surface area (Å²) in [6.45, 7) is 3.29. The quantitative estimate of drug-likeness (QED) is 0.680. The molecule has 0 aromatic heterocycles. The van der Waals surface area contributed by atoms with Crippen molar-refractivity contribution in [2.45, 2.75) is 51.0 Å². The molecule has 0 bridgehead atoms. The fourth-order valence-electron chi connectivity index (χ4n) is 2.47. The average Bonchev–Trinajstić information content (AvgIpc) is 2.52. The first kappa shape index (κ1) is 18.1. The summed E-state index contributed by atoms with van der Waals surface area (Å²) in [5.41, 5.74) is 0.989. The molecule has 3 nitrogen and oxygen atoms in total. The van der Waals surface area contributed by atoms with Crippen LogP contribution in [0, 0.1) is 0 Å². The summed E-state index contributed by atoms with van der Waals surface area (Å²) in [5, 5.41) is 0. The zero-order valence-electron chi connectivity index (χ0n) is 13.3. The molecule has 0 radical (unpaired) electrons. The van der Waals surface area contributed by atoms with Crippen molar-refractivity contribution in [1.82, 2.24) is 0 Å². The van der Waals surface area contributed by atoms with Crippen LogP contribution < -0.4 is 4.74 Å². The van der Waals surface area contributed by atoms with Gasteiger partial charge in [0.2, 0.25) is 0 Å². The third-order valence-electron chi connectivity index (χ3n) is 3.70. The summed E-state index contributed by atoms with van der Waals surface area (Å²) in [7, 11) is 0. The molecule has 1 fully saturated rings. The first-order valence-corrected chi connectivity index (χ1v) is 8.00. The van der Waals surface area contributed by atoms with Gasteiger partial charge in [-0.2, -0.15) is 13.2 Å². The Balaban J connectivity index is 1.74. The van der Waals surface area contributed by atoms with Crippen LogP contribution in [0.5, 0.6) is 5.75 Å². The van der Waals surface area contributed by atoms with Crippen molar-refractivity contribution in [3.63, 3.8) is 0 Å². The van der Waals surface area contributed by atoms with Crippen molar-refractivity contribution in [2.24, 2.45) is 0 Å². The van der Waals surface area contributed by atoms with E-state index in [1.54, 1.807) is 12.1 Å². The van der Waals surface area contributed by atoms with Gasteiger partial charge in [-0.25, -0.2) is 0 Å². The van der Waals surface area contributed by atoms with Gasteiger partial charge < -0.3 is 14.2 Å². The lowest BCUT2D eigenvalue weighted by Crippen LogP contribution is -2.30. The monoisotopic (exact) mass is 332 g/mol. The third-order valence-corrected chi connectivity index (χ3v) is 3.70. The Morgan fingerprint density at radius 2 is 1.87 bits per heavy atom. The molecule has 1 saturated heterocycles. The van der Waals surface area contributed by atoms with Gasteiger partial charge in [0.15, 0.2) is 0 Å². The fraction of sp³-hybridized carbons (Fsp3) is 0.647. The Morgan fingerprint density at radius 3 is 2.43 bits per heavy atom. The molecule has 2 unspecified atom stereocenters. The van der Waals surface area contributed by atoms with E-state index in [1.807, 2.05) is 12.1 Å². The number of rotatable bonds is 7. The van der Waals surface area contributed by atoms with Gasteiger partial charge >= 0.3 is 6.18 Å². The molecule has 2 rings (SSSR count). The van der Waals surface area contributed by atoms with Crippen molar-refractivity contribution in [3.8, 4) is 5.75 Å². The van der Waals surface area contributed by atoms with Gasteiger partial charge in [-0.15, -0.1) is 0 Å². The first-order valence-electron chi connectivity index (χ1n) is 8.00. The van der Waals surface area contributed by atoms with Crippen LogP contribution in [0.25, 0.3) is 0 Å². The second-order valence-corrected chi connectivity index (χ2v) is 5.70. The molecule has 1 aliphatic heterocycles. The molecule has 0 aliphatic carbocycles. The van der Waals surface area contributed by atoms with Crippen molar-refractivity contribution in [3.05, 3.63) is 29.8 Å². The second-order valence-electron chi connectivity index (χ2n) is 5.70. The molecule has 1 aromatic rings. The molecule has 6 heteroatoms. The molecular formula is C17H23F3O3. The summed E-state index contributed by atoms with van der Waals surface area (Å²) in [5.74, 6) is 0.566. The zero-order chi connectivity index (χ0) is 16.7. The minimum absolute atomic E-state index is 0.0381. The minimum Gasteiger partial charge on any atom is -0.494 e. The summed E-state index contributed by atoms with van der Waals surface area (Å²) < 4.78 is 53.0. The Kier molecular flexibility index (Phi) is 6.72. The molecule has 1 aliphatic rings. The van der Waals surface area contributed by atoms with E-state index < -0.39 is 12.6 Å². The maximum absolute atomic E-state index is 12.0. The molecule has 0 N–H and O–H groups in total. The van der Waals surface area contributed by atoms with Gasteiger partial charge in [0, 0.05) is 6.42 Å². The Morgan fingerprint density at radius 1 is 1.13 bits per heavy atom. The highest BCUT2D eigenvalue weighted by molar-refractivity contribution is 5.28. The van der Waals surface area contributed by atoms with E-state index in [1.165, 1.54) is 0 Å². The van der Waals surface area contributed by atoms with Crippen LogP contribution in [0.4, 0.5) is 13.2 Å². The van der Waals surface area contributed by atoms with Crippen molar-refractivity contribution in [2.75, 3.05) is 19.8 Å². The van der Waals surface area contributed by atoms with Crippen molar-refractivity contribution in [1.29, 1.82) is 0 Å². The van der Waals surface area contributed by atoms with Crippen molar-refractivity contribution < 1.29 is 27.4 Å². The van der Waals surface area contributed by atoms with Crippen molar-refractivity contribution >= 4 is 0 Å². The zero-order valence-corrected chi connectivity index (χ0v) is 13.3. The number of hydrogen-bond acceptors (Lipinski definition) is 3. The van der Waals surface area contributed by atoms with Crippen LogP contribution in [0.15, 0.2) is 24.3 Å². The van der Waals surface area contributed by atoms with E-state index in [0.29, 0.717) is 19.0 Å². The van der Waals surface area contributed by atoms with Crippen LogP contribution in [0.2, 0.25) is 0 Å². The molecule has 1 heterocycles. The third kappa shape index (κ3) is 6.39. The normalized spacial score (nSPS) is 22.1. The average molecular weight is 332 g/mol. The molecule has 0 amide bonds. The number of ether oxygens (including phenoxy) is 3. The summed E-state index contributed by atoms with van der Waals surface area (Å²) >= 11 is 0. The largest absolute Gasteiger partial charge is 0.494 e. The second kappa shape index (κ2) is 8.55. The number of alkyl halides is 3. The topological polar surface area (TPSA) is 27.7 Å². The molecule has 0 saturated carbocycles. The summed E-state index contributed by atoms with van der Waals surface area (Å²) in [4.78, 5) is 0. The highest BCUT2D eigenvalue weighted by Gasteiger charge is 2.26. The van der Waals surface area contributed by atoms with Crippen LogP contribution in [0.3, 0.4) is 0 Å². The fourth-order valence-corrected chi connectivity index (χ4v) is 2.47. The van der Waals surface area contributed by atoms with Gasteiger partial charge in [-0.1, -0.05) is 25.5 Å². The molecule has 2 atom stereocenters. The molecular weight excluding hydrogens is 309 g/mol. The lowest BCUT2D eigenvalue weighted by atomic mass is 10.1. The van der Waals surface area contributed by atoms with E-state index in [-0.39, 0.29) is 25.2 Å². The number of benzene rings is 1. The van der Waals surface area contributed by atoms with E-state index in [2.05, 4.69) is 6.92 Å². The predicted octanol–water partition coefficient (Wildman–Crippen LogP) is 4.66. The first-order chi connectivity index (χ1) is 11.0. The van der Waals surface area contributed by atoms with Crippen LogP contribution in [-0.4, -0.2) is 32.1 Å². The Labute approximate surface area is 134 Å². The highest BCUT2D eigenvalue weighted by atomic mass is 19.4. The number of hydrogen-bond donors (Lipinski definition) is 0. The maximum Gasteiger partial charge on any atom is 0.389 e. The molecule has 23 heavy (non-hydrogen) atoms. The van der Waals surface area contributed by atoms with Gasteiger partial charge in [0.25, 0.3) is 0 Å². The predicted molar refractivity (Wildman–Crippen MR) is 80.6 cm³/mol. The van der Waals surface area contributed by atoms with Gasteiger partial charge in [-0.3, -0.25) is 0 Å². The van der Waals surface area contributed by atoms with E-state index in [9.17, 15) is 13.2 Å². The van der Waals surface area contributed by atoms with Crippen LogP contribution in [-0.2, 0) is 9.47 Å². The number of halogens is 3. The Bertz CT molecular complexity index is 451. The van der Waals surface area contributed by atoms with Crippen LogP contribution in [0.1, 0.15) is 44.3 Å². The Hall–Kier alpha value is -1.27. The van der Waals surface area contributed by atoms with E-state index in [0.717, 1.165) is 18.4 Å². The van der Waals surface area contributed by atoms with Gasteiger partial charge in [0.1, 0.15) is 11.9 Å². The van der Waals surface area contributed by atoms with E-state index >= 15 is 0 Å². The lowest BCUT2D eigenvalue weighted by Gasteiger charge is -2.29. The summed E-state index contributed by atoms with van der Waals surface area (Å²) in [6.07, 6.45) is -2.84. The molecule has 0 spiro atoms. The molecule has 130 valence electrons. The smallest absolute Gasteiger partial charge is 0.389 e. The van der Waals surface area contributed by atoms with Gasteiger partial charge in [-0.05, 0) is 30.5 Å². The van der Waals surface area contributed by atoms with E-state index in [4.69, 9.17) is 14.2 Å². The maximum atomic E-state index is 12.0. The summed E-state index contributed by atoms with van der Waals surface area (Å²) in [6, 6.07) is 7.25. The minimum atomic E-state index is -4.12. The lowest BCUT2D eigenvalue weighted by molar-refractivity contribution is -0.137. The SMILES string of the molecule is CCCC1COC(c2ccc(OCCCC(F)(F)F)cc2)CO1. The standard InChI is InChI=1S/C17H23F3O3/c1-2-4-15-11-23-16(12-22-15)13-5-7-14(8-6-13)21-10-3-9-17(18,19)20/h5-8,15-16H,2-4,9-12H2,1H3. The molecule has 1 aromatic carbocycles.